The zero-order valence-corrected chi connectivity index (χ0v) is 12.9. The second-order valence-electron chi connectivity index (χ2n) is 5.82. The molecule has 2 aromatic rings. The molecule has 22 heavy (non-hydrogen) atoms. The summed E-state index contributed by atoms with van der Waals surface area (Å²) in [7, 11) is 3.43. The summed E-state index contributed by atoms with van der Waals surface area (Å²) in [6.45, 7) is 0. The van der Waals surface area contributed by atoms with Crippen LogP contribution in [0.3, 0.4) is 0 Å². The lowest BCUT2D eigenvalue weighted by molar-refractivity contribution is 0.0134. The molecule has 0 amide bonds. The normalized spacial score (nSPS) is 24.1. The summed E-state index contributed by atoms with van der Waals surface area (Å²) in [5.41, 5.74) is 3.89. The second kappa shape index (κ2) is 5.44. The van der Waals surface area contributed by atoms with Gasteiger partial charge in [0.15, 0.2) is 12.5 Å². The van der Waals surface area contributed by atoms with Gasteiger partial charge >= 0.3 is 0 Å². The van der Waals surface area contributed by atoms with Crippen molar-refractivity contribution in [1.82, 2.24) is 30.0 Å². The SMILES string of the molecule is CO[C@H]1CCCc2c(-c3nnn4c3CCC[C@H]4OC)nnn21. The van der Waals surface area contributed by atoms with Gasteiger partial charge in [0.2, 0.25) is 0 Å². The van der Waals surface area contributed by atoms with E-state index in [0.717, 1.165) is 61.3 Å². The Labute approximate surface area is 128 Å². The van der Waals surface area contributed by atoms with E-state index in [1.165, 1.54) is 0 Å². The molecule has 8 nitrogen and oxygen atoms in total. The summed E-state index contributed by atoms with van der Waals surface area (Å²) in [6.07, 6.45) is 5.93. The van der Waals surface area contributed by atoms with Crippen molar-refractivity contribution in [3.05, 3.63) is 11.4 Å². The lowest BCUT2D eigenvalue weighted by Gasteiger charge is -2.23. The molecular formula is C14H20N6O2. The molecule has 0 saturated carbocycles. The maximum absolute atomic E-state index is 5.49. The number of fused-ring (bicyclic) bond motifs is 2. The van der Waals surface area contributed by atoms with Crippen LogP contribution in [-0.2, 0) is 22.3 Å². The molecule has 0 aliphatic carbocycles. The molecule has 0 bridgehead atoms. The summed E-state index contributed by atoms with van der Waals surface area (Å²) in [5, 5.41) is 17.3. The van der Waals surface area contributed by atoms with Crippen molar-refractivity contribution in [3.8, 4) is 11.4 Å². The predicted octanol–water partition coefficient (Wildman–Crippen LogP) is 1.50. The molecule has 0 aromatic carbocycles. The molecule has 0 radical (unpaired) electrons. The maximum atomic E-state index is 5.49. The van der Waals surface area contributed by atoms with Crippen molar-refractivity contribution in [2.45, 2.75) is 51.0 Å². The molecule has 4 rings (SSSR count). The van der Waals surface area contributed by atoms with E-state index < -0.39 is 0 Å². The lowest BCUT2D eigenvalue weighted by atomic mass is 10.0. The van der Waals surface area contributed by atoms with Crippen LogP contribution in [0.4, 0.5) is 0 Å². The van der Waals surface area contributed by atoms with Crippen molar-refractivity contribution >= 4 is 0 Å². The Balaban J connectivity index is 1.78. The standard InChI is InChI=1S/C14H20N6O2/c1-21-11-7-3-5-9-13(15-17-19(9)11)14-10-6-4-8-12(22-2)20(10)18-16-14/h11-12H,3-8H2,1-2H3/t11-,12+. The molecule has 0 N–H and O–H groups in total. The molecular weight excluding hydrogens is 284 g/mol. The van der Waals surface area contributed by atoms with E-state index in [4.69, 9.17) is 9.47 Å². The first kappa shape index (κ1) is 13.8. The minimum Gasteiger partial charge on any atom is -0.360 e. The molecule has 0 fully saturated rings. The van der Waals surface area contributed by atoms with Gasteiger partial charge in [-0.25, -0.2) is 9.36 Å². The van der Waals surface area contributed by atoms with Gasteiger partial charge in [0.1, 0.15) is 11.4 Å². The lowest BCUT2D eigenvalue weighted by Crippen LogP contribution is -2.21. The monoisotopic (exact) mass is 304 g/mol. The highest BCUT2D eigenvalue weighted by Crippen LogP contribution is 2.34. The number of aromatic nitrogens is 6. The summed E-state index contributed by atoms with van der Waals surface area (Å²) < 4.78 is 14.8. The third kappa shape index (κ3) is 1.98. The van der Waals surface area contributed by atoms with E-state index in [2.05, 4.69) is 20.6 Å². The van der Waals surface area contributed by atoms with Gasteiger partial charge in [-0.1, -0.05) is 10.4 Å². The Bertz CT molecular complexity index is 621. The van der Waals surface area contributed by atoms with Crippen molar-refractivity contribution in [2.24, 2.45) is 0 Å². The van der Waals surface area contributed by atoms with Crippen LogP contribution in [-0.4, -0.2) is 44.2 Å². The Morgan fingerprint density at radius 1 is 0.818 bits per heavy atom. The van der Waals surface area contributed by atoms with Gasteiger partial charge in [0, 0.05) is 14.2 Å². The molecule has 0 unspecified atom stereocenters. The fourth-order valence-electron chi connectivity index (χ4n) is 3.49. The van der Waals surface area contributed by atoms with Crippen LogP contribution >= 0.6 is 0 Å². The Kier molecular flexibility index (Phi) is 3.42. The average Bonchev–Trinajstić information content (AvgIpc) is 3.17. The van der Waals surface area contributed by atoms with Crippen LogP contribution in [0.15, 0.2) is 0 Å². The second-order valence-corrected chi connectivity index (χ2v) is 5.82. The van der Waals surface area contributed by atoms with Gasteiger partial charge in [0.05, 0.1) is 11.4 Å². The van der Waals surface area contributed by atoms with Crippen LogP contribution in [0.25, 0.3) is 11.4 Å². The van der Waals surface area contributed by atoms with Gasteiger partial charge < -0.3 is 9.47 Å². The van der Waals surface area contributed by atoms with Crippen molar-refractivity contribution in [3.63, 3.8) is 0 Å². The van der Waals surface area contributed by atoms with E-state index in [-0.39, 0.29) is 12.5 Å². The van der Waals surface area contributed by atoms with Gasteiger partial charge in [-0.05, 0) is 38.5 Å². The first-order valence-corrected chi connectivity index (χ1v) is 7.77. The smallest absolute Gasteiger partial charge is 0.151 e. The Morgan fingerprint density at radius 3 is 1.68 bits per heavy atom. The highest BCUT2D eigenvalue weighted by molar-refractivity contribution is 5.59. The zero-order valence-electron chi connectivity index (χ0n) is 12.9. The van der Waals surface area contributed by atoms with E-state index in [9.17, 15) is 0 Å². The van der Waals surface area contributed by atoms with Crippen molar-refractivity contribution in [1.29, 1.82) is 0 Å². The third-order valence-electron chi connectivity index (χ3n) is 4.63. The van der Waals surface area contributed by atoms with Crippen LogP contribution in [0.2, 0.25) is 0 Å². The molecule has 8 heteroatoms. The largest absolute Gasteiger partial charge is 0.360 e. The average molecular weight is 304 g/mol. The number of rotatable bonds is 3. The number of hydrogen-bond acceptors (Lipinski definition) is 6. The number of methoxy groups -OCH3 is 2. The van der Waals surface area contributed by atoms with Crippen LogP contribution in [0.1, 0.15) is 49.5 Å². The topological polar surface area (TPSA) is 79.9 Å². The van der Waals surface area contributed by atoms with Gasteiger partial charge in [0.25, 0.3) is 0 Å². The number of hydrogen-bond donors (Lipinski definition) is 0. The fraction of sp³-hybridized carbons (Fsp3) is 0.714. The summed E-state index contributed by atoms with van der Waals surface area (Å²) in [4.78, 5) is 0. The molecule has 118 valence electrons. The van der Waals surface area contributed by atoms with Crippen LogP contribution < -0.4 is 0 Å². The van der Waals surface area contributed by atoms with E-state index in [1.807, 2.05) is 9.36 Å². The van der Waals surface area contributed by atoms with Crippen molar-refractivity contribution in [2.75, 3.05) is 14.2 Å². The Morgan fingerprint density at radius 2 is 1.27 bits per heavy atom. The van der Waals surface area contributed by atoms with Crippen molar-refractivity contribution < 1.29 is 9.47 Å². The zero-order chi connectivity index (χ0) is 15.1. The molecule has 2 aliphatic heterocycles. The highest BCUT2D eigenvalue weighted by Gasteiger charge is 2.30. The molecule has 2 atom stereocenters. The summed E-state index contributed by atoms with van der Waals surface area (Å²) in [5.74, 6) is 0. The molecule has 2 aromatic heterocycles. The van der Waals surface area contributed by atoms with Gasteiger partial charge in [-0.2, -0.15) is 0 Å². The third-order valence-corrected chi connectivity index (χ3v) is 4.63. The number of nitrogens with zero attached hydrogens (tertiary/aromatic N) is 6. The van der Waals surface area contributed by atoms with Crippen LogP contribution in [0, 0.1) is 0 Å². The first-order chi connectivity index (χ1) is 10.8. The summed E-state index contributed by atoms with van der Waals surface area (Å²) in [6, 6.07) is 0. The maximum Gasteiger partial charge on any atom is 0.151 e. The summed E-state index contributed by atoms with van der Waals surface area (Å²) >= 11 is 0. The Hall–Kier alpha value is -1.80. The minimum absolute atomic E-state index is 0.0249. The number of ether oxygens (including phenoxy) is 2. The fourth-order valence-corrected chi connectivity index (χ4v) is 3.49. The van der Waals surface area contributed by atoms with Gasteiger partial charge in [-0.3, -0.25) is 0 Å². The minimum atomic E-state index is -0.0249. The highest BCUT2D eigenvalue weighted by atomic mass is 16.5. The quantitative estimate of drug-likeness (QED) is 0.855. The van der Waals surface area contributed by atoms with E-state index in [0.29, 0.717) is 0 Å². The van der Waals surface area contributed by atoms with Gasteiger partial charge in [-0.15, -0.1) is 10.2 Å². The van der Waals surface area contributed by atoms with Crippen LogP contribution in [0.5, 0.6) is 0 Å². The molecule has 0 spiro atoms. The van der Waals surface area contributed by atoms with E-state index >= 15 is 0 Å². The molecule has 0 saturated heterocycles. The predicted molar refractivity (Wildman–Crippen MR) is 77.0 cm³/mol. The van der Waals surface area contributed by atoms with E-state index in [1.54, 1.807) is 14.2 Å². The first-order valence-electron chi connectivity index (χ1n) is 7.77. The molecule has 2 aliphatic rings. The molecule has 4 heterocycles.